The Morgan fingerprint density at radius 2 is 1.92 bits per heavy atom. The highest BCUT2D eigenvalue weighted by molar-refractivity contribution is 7.98. The summed E-state index contributed by atoms with van der Waals surface area (Å²) >= 11 is 1.45. The number of ether oxygens (including phenoxy) is 1. The van der Waals surface area contributed by atoms with E-state index in [9.17, 15) is 14.9 Å². The van der Waals surface area contributed by atoms with E-state index in [4.69, 9.17) is 4.74 Å². The molecule has 3 rings (SSSR count). The molecule has 2 aromatic carbocycles. The molecule has 0 aliphatic heterocycles. The van der Waals surface area contributed by atoms with Crippen molar-refractivity contribution in [2.75, 3.05) is 6.61 Å². The lowest BCUT2D eigenvalue weighted by Gasteiger charge is -2.05. The zero-order valence-corrected chi connectivity index (χ0v) is 14.0. The number of hydrogen-bond acceptors (Lipinski definition) is 8. The Hall–Kier alpha value is -2.94. The fourth-order valence-electron chi connectivity index (χ4n) is 2.21. The van der Waals surface area contributed by atoms with Gasteiger partial charge < -0.3 is 4.74 Å². The van der Waals surface area contributed by atoms with Crippen molar-refractivity contribution in [2.45, 2.75) is 17.6 Å². The molecule has 0 saturated heterocycles. The fourth-order valence-corrected chi connectivity index (χ4v) is 3.16. The number of esters is 1. The summed E-state index contributed by atoms with van der Waals surface area (Å²) in [5.41, 5.74) is 1.84. The molecule has 1 heterocycles. The van der Waals surface area contributed by atoms with Crippen LogP contribution in [0.2, 0.25) is 0 Å². The monoisotopic (exact) mass is 359 g/mol. The number of benzene rings is 2. The van der Waals surface area contributed by atoms with E-state index in [1.807, 2.05) is 12.1 Å². The van der Waals surface area contributed by atoms with Gasteiger partial charge in [-0.1, -0.05) is 12.1 Å². The molecule has 8 nitrogen and oxygen atoms in total. The summed E-state index contributed by atoms with van der Waals surface area (Å²) in [6.07, 6.45) is 0. The summed E-state index contributed by atoms with van der Waals surface area (Å²) in [6, 6.07) is 10.1. The van der Waals surface area contributed by atoms with Crippen molar-refractivity contribution >= 4 is 34.5 Å². The topological polar surface area (TPSA) is 108 Å². The number of nitrogens with zero attached hydrogens (tertiary/aromatic N) is 3. The molecule has 3 aromatic rings. The second kappa shape index (κ2) is 7.31. The first kappa shape index (κ1) is 16.9. The lowest BCUT2D eigenvalue weighted by molar-refractivity contribution is -0.383. The van der Waals surface area contributed by atoms with E-state index in [0.29, 0.717) is 23.4 Å². The number of aromatic nitrogens is 2. The quantitative estimate of drug-likeness (QED) is 0.284. The van der Waals surface area contributed by atoms with Gasteiger partial charge in [0.05, 0.1) is 17.1 Å². The maximum Gasteiger partial charge on any atom is 0.338 e. The molecule has 0 bridgehead atoms. The van der Waals surface area contributed by atoms with Gasteiger partial charge in [0.2, 0.25) is 5.52 Å². The van der Waals surface area contributed by atoms with E-state index >= 15 is 0 Å². The van der Waals surface area contributed by atoms with Gasteiger partial charge in [-0.05, 0) is 41.0 Å². The average molecular weight is 359 g/mol. The van der Waals surface area contributed by atoms with Crippen molar-refractivity contribution in [3.63, 3.8) is 0 Å². The van der Waals surface area contributed by atoms with Crippen LogP contribution in [0.25, 0.3) is 11.0 Å². The van der Waals surface area contributed by atoms with Gasteiger partial charge in [-0.3, -0.25) is 10.1 Å². The molecule has 0 fully saturated rings. The number of carbonyl (C=O) groups excluding carboxylic acids is 1. The smallest absolute Gasteiger partial charge is 0.338 e. The minimum Gasteiger partial charge on any atom is -0.462 e. The number of thioether (sulfide) groups is 1. The van der Waals surface area contributed by atoms with Gasteiger partial charge in [-0.2, -0.15) is 0 Å². The first-order chi connectivity index (χ1) is 12.1. The summed E-state index contributed by atoms with van der Waals surface area (Å²) in [4.78, 5) is 22.8. The first-order valence-electron chi connectivity index (χ1n) is 7.38. The van der Waals surface area contributed by atoms with Crippen molar-refractivity contribution in [3.05, 3.63) is 57.6 Å². The normalized spacial score (nSPS) is 10.8. The third-order valence-corrected chi connectivity index (χ3v) is 4.53. The minimum atomic E-state index is -0.519. The third-order valence-electron chi connectivity index (χ3n) is 3.41. The summed E-state index contributed by atoms with van der Waals surface area (Å²) < 4.78 is 9.59. The van der Waals surface area contributed by atoms with Gasteiger partial charge in [0.1, 0.15) is 0 Å². The summed E-state index contributed by atoms with van der Waals surface area (Å²) in [6.45, 7) is 2.09. The van der Waals surface area contributed by atoms with Crippen LogP contribution >= 0.6 is 11.8 Å². The van der Waals surface area contributed by atoms with Gasteiger partial charge in [-0.25, -0.2) is 9.42 Å². The molecular weight excluding hydrogens is 346 g/mol. The molecule has 0 amide bonds. The minimum absolute atomic E-state index is 0.132. The summed E-state index contributed by atoms with van der Waals surface area (Å²) in [7, 11) is 0. The van der Waals surface area contributed by atoms with Crippen LogP contribution in [0.3, 0.4) is 0 Å². The molecule has 0 atom stereocenters. The number of nitro benzene ring substituents is 1. The predicted octanol–water partition coefficient (Wildman–Crippen LogP) is 3.60. The van der Waals surface area contributed by atoms with E-state index in [1.54, 1.807) is 25.1 Å². The van der Waals surface area contributed by atoms with Crippen molar-refractivity contribution < 1.29 is 19.1 Å². The number of rotatable bonds is 6. The van der Waals surface area contributed by atoms with E-state index < -0.39 is 4.92 Å². The maximum absolute atomic E-state index is 11.6. The van der Waals surface area contributed by atoms with Gasteiger partial charge in [0.25, 0.3) is 0 Å². The van der Waals surface area contributed by atoms with Gasteiger partial charge in [-0.15, -0.1) is 11.8 Å². The van der Waals surface area contributed by atoms with Crippen LogP contribution in [-0.4, -0.2) is 27.8 Å². The molecule has 0 aliphatic rings. The number of fused-ring (bicyclic) bond motifs is 1. The van der Waals surface area contributed by atoms with Crippen LogP contribution in [0.15, 0.2) is 45.9 Å². The average Bonchev–Trinajstić information content (AvgIpc) is 3.10. The van der Waals surface area contributed by atoms with Crippen LogP contribution in [0.1, 0.15) is 22.8 Å². The lowest BCUT2D eigenvalue weighted by Crippen LogP contribution is -2.04. The Kier molecular flexibility index (Phi) is 4.94. The van der Waals surface area contributed by atoms with Gasteiger partial charge in [0, 0.05) is 16.7 Å². The van der Waals surface area contributed by atoms with Crippen molar-refractivity contribution in [3.8, 4) is 0 Å². The van der Waals surface area contributed by atoms with Crippen molar-refractivity contribution in [1.82, 2.24) is 10.3 Å². The van der Waals surface area contributed by atoms with Gasteiger partial charge >= 0.3 is 11.7 Å². The van der Waals surface area contributed by atoms with Crippen LogP contribution in [0.5, 0.6) is 0 Å². The number of carbonyl (C=O) groups is 1. The fraction of sp³-hybridized carbons (Fsp3) is 0.188. The van der Waals surface area contributed by atoms with E-state index in [1.165, 1.54) is 17.8 Å². The van der Waals surface area contributed by atoms with E-state index in [-0.39, 0.29) is 17.2 Å². The Morgan fingerprint density at radius 3 is 2.60 bits per heavy atom. The highest BCUT2D eigenvalue weighted by atomic mass is 32.2. The largest absolute Gasteiger partial charge is 0.462 e. The molecule has 0 radical (unpaired) electrons. The van der Waals surface area contributed by atoms with E-state index in [0.717, 1.165) is 10.5 Å². The third kappa shape index (κ3) is 3.61. The molecule has 0 saturated carbocycles. The first-order valence-corrected chi connectivity index (χ1v) is 8.37. The predicted molar refractivity (Wildman–Crippen MR) is 90.4 cm³/mol. The van der Waals surface area contributed by atoms with Crippen molar-refractivity contribution in [2.24, 2.45) is 0 Å². The highest BCUT2D eigenvalue weighted by Gasteiger charge is 2.19. The molecule has 9 heteroatoms. The molecule has 0 spiro atoms. The number of nitro groups is 1. The molecule has 25 heavy (non-hydrogen) atoms. The molecule has 128 valence electrons. The zero-order valence-electron chi connectivity index (χ0n) is 13.2. The Morgan fingerprint density at radius 1 is 1.20 bits per heavy atom. The van der Waals surface area contributed by atoms with Crippen LogP contribution in [0.4, 0.5) is 5.69 Å². The Bertz CT molecular complexity index is 923. The molecule has 0 aliphatic carbocycles. The molecule has 0 unspecified atom stereocenters. The Balaban J connectivity index is 1.75. The van der Waals surface area contributed by atoms with Crippen LogP contribution in [-0.2, 0) is 10.5 Å². The SMILES string of the molecule is CCOC(=O)c1ccc(CSc2ccc([N+](=O)[O-])c3nonc23)cc1. The zero-order chi connectivity index (χ0) is 17.8. The Labute approximate surface area is 146 Å². The summed E-state index contributed by atoms with van der Waals surface area (Å²) in [5.74, 6) is 0.246. The van der Waals surface area contributed by atoms with Crippen LogP contribution in [0, 0.1) is 10.1 Å². The summed E-state index contributed by atoms with van der Waals surface area (Å²) in [5, 5.41) is 18.4. The maximum atomic E-state index is 11.6. The second-order valence-corrected chi connectivity index (χ2v) is 6.02. The molecule has 1 aromatic heterocycles. The highest BCUT2D eigenvalue weighted by Crippen LogP contribution is 2.33. The van der Waals surface area contributed by atoms with Crippen molar-refractivity contribution in [1.29, 1.82) is 0 Å². The number of hydrogen-bond donors (Lipinski definition) is 0. The molecule has 0 N–H and O–H groups in total. The second-order valence-electron chi connectivity index (χ2n) is 5.01. The lowest BCUT2D eigenvalue weighted by atomic mass is 10.1. The van der Waals surface area contributed by atoms with Gasteiger partial charge in [0.15, 0.2) is 5.52 Å². The molecular formula is C16H13N3O5S. The van der Waals surface area contributed by atoms with Crippen LogP contribution < -0.4 is 0 Å². The number of non-ortho nitro benzene ring substituents is 1. The standard InChI is InChI=1S/C16H13N3O5S/c1-2-23-16(20)11-5-3-10(4-6-11)9-25-13-8-7-12(19(21)22)14-15(13)18-24-17-14/h3-8H,2,9H2,1H3. The van der Waals surface area contributed by atoms with E-state index in [2.05, 4.69) is 14.9 Å².